The topological polar surface area (TPSA) is 49.3 Å². The van der Waals surface area contributed by atoms with Gasteiger partial charge in [0.25, 0.3) is 0 Å². The van der Waals surface area contributed by atoms with Gasteiger partial charge in [-0.25, -0.2) is 0 Å². The van der Waals surface area contributed by atoms with Crippen LogP contribution in [0.1, 0.15) is 45.1 Å². The summed E-state index contributed by atoms with van der Waals surface area (Å²) in [4.78, 5) is 11.1. The second-order valence-corrected chi connectivity index (χ2v) is 4.83. The molecule has 0 aliphatic heterocycles. The molecule has 1 rings (SSSR count). The van der Waals surface area contributed by atoms with Crippen LogP contribution in [-0.2, 0) is 4.79 Å². The van der Waals surface area contributed by atoms with Crippen molar-refractivity contribution in [3.05, 3.63) is 35.9 Å². The molecule has 3 heteroatoms. The number of aliphatic carboxylic acids is 1. The molecule has 0 amide bonds. The highest BCUT2D eigenvalue weighted by Crippen LogP contribution is 2.19. The molecule has 3 nitrogen and oxygen atoms in total. The maximum Gasteiger partial charge on any atom is 0.320 e. The summed E-state index contributed by atoms with van der Waals surface area (Å²) in [6, 6.07) is 9.87. The fraction of sp³-hybridized carbons (Fsp3) is 0.533. The molecule has 0 radical (unpaired) electrons. The Bertz CT molecular complexity index is 364. The average molecular weight is 249 g/mol. The van der Waals surface area contributed by atoms with Crippen LogP contribution in [0.15, 0.2) is 30.3 Å². The van der Waals surface area contributed by atoms with E-state index in [-0.39, 0.29) is 6.04 Å². The van der Waals surface area contributed by atoms with Gasteiger partial charge in [-0.05, 0) is 24.8 Å². The van der Waals surface area contributed by atoms with Crippen LogP contribution in [0.5, 0.6) is 0 Å². The summed E-state index contributed by atoms with van der Waals surface area (Å²) in [5, 5.41) is 12.4. The molecular formula is C15H23NO2. The Hall–Kier alpha value is -1.35. The molecule has 2 N–H and O–H groups in total. The first-order valence-corrected chi connectivity index (χ1v) is 6.60. The molecule has 0 aliphatic carbocycles. The van der Waals surface area contributed by atoms with Crippen LogP contribution in [0.2, 0.25) is 0 Å². The fourth-order valence-electron chi connectivity index (χ4n) is 2.07. The van der Waals surface area contributed by atoms with E-state index in [1.54, 1.807) is 0 Å². The predicted octanol–water partition coefficient (Wildman–Crippen LogP) is 3.02. The molecule has 0 spiro atoms. The van der Waals surface area contributed by atoms with Crippen molar-refractivity contribution >= 4 is 5.97 Å². The molecule has 3 unspecified atom stereocenters. The summed E-state index contributed by atoms with van der Waals surface area (Å²) in [6.07, 6.45) is 1.54. The summed E-state index contributed by atoms with van der Waals surface area (Å²) in [5.41, 5.74) is 1.23. The van der Waals surface area contributed by atoms with Gasteiger partial charge in [-0.2, -0.15) is 0 Å². The lowest BCUT2D eigenvalue weighted by atomic mass is 9.93. The van der Waals surface area contributed by atoms with E-state index in [2.05, 4.69) is 24.4 Å². The molecule has 100 valence electrons. The zero-order chi connectivity index (χ0) is 13.5. The van der Waals surface area contributed by atoms with Crippen LogP contribution in [0.3, 0.4) is 0 Å². The number of nitrogens with one attached hydrogen (secondary N) is 1. The Balaban J connectivity index is 2.63. The minimum absolute atomic E-state index is 0.139. The van der Waals surface area contributed by atoms with E-state index in [0.29, 0.717) is 12.3 Å². The first-order valence-electron chi connectivity index (χ1n) is 6.60. The molecular weight excluding hydrogens is 226 g/mol. The predicted molar refractivity (Wildman–Crippen MR) is 73.8 cm³/mol. The lowest BCUT2D eigenvalue weighted by Crippen LogP contribution is -2.44. The van der Waals surface area contributed by atoms with Gasteiger partial charge in [0.2, 0.25) is 0 Å². The van der Waals surface area contributed by atoms with Crippen molar-refractivity contribution < 1.29 is 9.90 Å². The molecule has 0 saturated heterocycles. The van der Waals surface area contributed by atoms with Gasteiger partial charge in [0.05, 0.1) is 0 Å². The van der Waals surface area contributed by atoms with E-state index in [1.165, 1.54) is 5.56 Å². The minimum atomic E-state index is -0.760. The highest BCUT2D eigenvalue weighted by molar-refractivity contribution is 5.73. The summed E-state index contributed by atoms with van der Waals surface area (Å²) >= 11 is 0. The second-order valence-electron chi connectivity index (χ2n) is 4.83. The zero-order valence-electron chi connectivity index (χ0n) is 11.4. The quantitative estimate of drug-likeness (QED) is 0.781. The number of carboxylic acids is 1. The van der Waals surface area contributed by atoms with Gasteiger partial charge in [0.1, 0.15) is 6.04 Å². The monoisotopic (exact) mass is 249 g/mol. The van der Waals surface area contributed by atoms with Crippen molar-refractivity contribution in [3.63, 3.8) is 0 Å². The van der Waals surface area contributed by atoms with E-state index >= 15 is 0 Å². The number of rotatable bonds is 7. The Morgan fingerprint density at radius 3 is 2.39 bits per heavy atom. The van der Waals surface area contributed by atoms with Crippen LogP contribution in [0.25, 0.3) is 0 Å². The molecule has 0 fully saturated rings. The number of carbonyl (C=O) groups is 1. The van der Waals surface area contributed by atoms with Crippen molar-refractivity contribution in [2.75, 3.05) is 0 Å². The fourth-order valence-corrected chi connectivity index (χ4v) is 2.07. The summed E-state index contributed by atoms with van der Waals surface area (Å²) in [5.74, 6) is -0.464. The van der Waals surface area contributed by atoms with E-state index in [0.717, 1.165) is 6.42 Å². The van der Waals surface area contributed by atoms with E-state index < -0.39 is 12.0 Å². The van der Waals surface area contributed by atoms with Crippen molar-refractivity contribution in [1.82, 2.24) is 5.32 Å². The van der Waals surface area contributed by atoms with Crippen LogP contribution >= 0.6 is 0 Å². The van der Waals surface area contributed by atoms with Crippen LogP contribution in [-0.4, -0.2) is 23.2 Å². The third-order valence-electron chi connectivity index (χ3n) is 3.41. The third-order valence-corrected chi connectivity index (χ3v) is 3.41. The SMILES string of the molecule is CCCC(NC(C)C(C)c1ccccc1)C(=O)O. The van der Waals surface area contributed by atoms with Crippen LogP contribution in [0, 0.1) is 0 Å². The van der Waals surface area contributed by atoms with Gasteiger partial charge in [0, 0.05) is 6.04 Å². The Morgan fingerprint density at radius 2 is 1.89 bits per heavy atom. The van der Waals surface area contributed by atoms with E-state index in [9.17, 15) is 4.79 Å². The van der Waals surface area contributed by atoms with Gasteiger partial charge < -0.3 is 10.4 Å². The molecule has 18 heavy (non-hydrogen) atoms. The number of carboxylic acid groups (broad SMARTS) is 1. The first kappa shape index (κ1) is 14.7. The molecule has 0 heterocycles. The van der Waals surface area contributed by atoms with Gasteiger partial charge in [-0.15, -0.1) is 0 Å². The summed E-state index contributed by atoms with van der Waals surface area (Å²) in [7, 11) is 0. The maximum absolute atomic E-state index is 11.1. The van der Waals surface area contributed by atoms with Crippen LogP contribution in [0.4, 0.5) is 0 Å². The summed E-state index contributed by atoms with van der Waals surface area (Å²) < 4.78 is 0. The Morgan fingerprint density at radius 1 is 1.28 bits per heavy atom. The molecule has 0 aliphatic rings. The van der Waals surface area contributed by atoms with Crippen molar-refractivity contribution in [1.29, 1.82) is 0 Å². The molecule has 3 atom stereocenters. The lowest BCUT2D eigenvalue weighted by molar-refractivity contribution is -0.139. The minimum Gasteiger partial charge on any atom is -0.480 e. The number of hydrogen-bond donors (Lipinski definition) is 2. The Labute approximate surface area is 109 Å². The summed E-state index contributed by atoms with van der Waals surface area (Å²) in [6.45, 7) is 6.17. The Kier molecular flexibility index (Phi) is 5.86. The lowest BCUT2D eigenvalue weighted by Gasteiger charge is -2.25. The third kappa shape index (κ3) is 4.15. The second kappa shape index (κ2) is 7.17. The zero-order valence-corrected chi connectivity index (χ0v) is 11.4. The maximum atomic E-state index is 11.1. The normalized spacial score (nSPS) is 15.9. The molecule has 0 bridgehead atoms. The molecule has 1 aromatic carbocycles. The molecule has 0 saturated carbocycles. The number of hydrogen-bond acceptors (Lipinski definition) is 2. The highest BCUT2D eigenvalue weighted by atomic mass is 16.4. The van der Waals surface area contributed by atoms with Crippen molar-refractivity contribution in [3.8, 4) is 0 Å². The van der Waals surface area contributed by atoms with Gasteiger partial charge in [-0.1, -0.05) is 50.6 Å². The van der Waals surface area contributed by atoms with Gasteiger partial charge in [0.15, 0.2) is 0 Å². The molecule has 0 aromatic heterocycles. The standard InChI is InChI=1S/C15H23NO2/c1-4-8-14(15(17)18)16-12(3)11(2)13-9-6-5-7-10-13/h5-7,9-12,14,16H,4,8H2,1-3H3,(H,17,18). The number of benzene rings is 1. The average Bonchev–Trinajstić information content (AvgIpc) is 2.38. The van der Waals surface area contributed by atoms with Gasteiger partial charge >= 0.3 is 5.97 Å². The van der Waals surface area contributed by atoms with Crippen molar-refractivity contribution in [2.24, 2.45) is 0 Å². The largest absolute Gasteiger partial charge is 0.480 e. The van der Waals surface area contributed by atoms with Crippen molar-refractivity contribution in [2.45, 2.75) is 51.6 Å². The first-order chi connectivity index (χ1) is 8.56. The van der Waals surface area contributed by atoms with Gasteiger partial charge in [-0.3, -0.25) is 4.79 Å². The van der Waals surface area contributed by atoms with E-state index in [4.69, 9.17) is 5.11 Å². The molecule has 1 aromatic rings. The van der Waals surface area contributed by atoms with E-state index in [1.807, 2.05) is 32.0 Å². The smallest absolute Gasteiger partial charge is 0.320 e. The highest BCUT2D eigenvalue weighted by Gasteiger charge is 2.22. The van der Waals surface area contributed by atoms with Crippen LogP contribution < -0.4 is 5.32 Å².